The van der Waals surface area contributed by atoms with Gasteiger partial charge in [0.15, 0.2) is 0 Å². The van der Waals surface area contributed by atoms with Gasteiger partial charge in [-0.3, -0.25) is 0 Å². The Labute approximate surface area is 113 Å². The lowest BCUT2D eigenvalue weighted by atomic mass is 10.2. The second-order valence-corrected chi connectivity index (χ2v) is 4.47. The molecule has 0 unspecified atom stereocenters. The fourth-order valence-corrected chi connectivity index (χ4v) is 1.87. The van der Waals surface area contributed by atoms with Crippen LogP contribution < -0.4 is 9.47 Å². The molecule has 0 saturated heterocycles. The predicted molar refractivity (Wildman–Crippen MR) is 71.4 cm³/mol. The average molecular weight is 311 g/mol. The summed E-state index contributed by atoms with van der Waals surface area (Å²) in [4.78, 5) is 0. The number of hydrogen-bond acceptors (Lipinski definition) is 2. The van der Waals surface area contributed by atoms with Crippen LogP contribution in [0.5, 0.6) is 11.5 Å². The number of halogens is 2. The SMILES string of the molecule is COc1ccc(OCc2cccc(F)c2Br)cc1. The topological polar surface area (TPSA) is 18.5 Å². The molecule has 0 radical (unpaired) electrons. The molecule has 0 spiro atoms. The summed E-state index contributed by atoms with van der Waals surface area (Å²) in [5.41, 5.74) is 0.769. The minimum absolute atomic E-state index is 0.286. The van der Waals surface area contributed by atoms with Gasteiger partial charge in [-0.25, -0.2) is 4.39 Å². The summed E-state index contributed by atoms with van der Waals surface area (Å²) < 4.78 is 24.4. The Hall–Kier alpha value is -1.55. The molecule has 0 atom stereocenters. The summed E-state index contributed by atoms with van der Waals surface area (Å²) in [6, 6.07) is 12.1. The summed E-state index contributed by atoms with van der Waals surface area (Å²) in [5, 5.41) is 0. The van der Waals surface area contributed by atoms with E-state index in [-0.39, 0.29) is 5.82 Å². The van der Waals surface area contributed by atoms with E-state index in [1.807, 2.05) is 30.3 Å². The lowest BCUT2D eigenvalue weighted by Gasteiger charge is -2.09. The van der Waals surface area contributed by atoms with Crippen molar-refractivity contribution in [3.8, 4) is 11.5 Å². The van der Waals surface area contributed by atoms with E-state index in [1.54, 1.807) is 13.2 Å². The monoisotopic (exact) mass is 310 g/mol. The fourth-order valence-electron chi connectivity index (χ4n) is 1.49. The van der Waals surface area contributed by atoms with Crippen LogP contribution in [-0.2, 0) is 6.61 Å². The van der Waals surface area contributed by atoms with E-state index >= 15 is 0 Å². The first-order chi connectivity index (χ1) is 8.70. The summed E-state index contributed by atoms with van der Waals surface area (Å²) >= 11 is 3.20. The molecule has 2 rings (SSSR count). The summed E-state index contributed by atoms with van der Waals surface area (Å²) in [7, 11) is 1.61. The minimum atomic E-state index is -0.286. The van der Waals surface area contributed by atoms with Crippen LogP contribution in [0.4, 0.5) is 4.39 Å². The van der Waals surface area contributed by atoms with E-state index in [0.717, 1.165) is 11.3 Å². The van der Waals surface area contributed by atoms with Gasteiger partial charge in [0.25, 0.3) is 0 Å². The first-order valence-electron chi connectivity index (χ1n) is 5.40. The molecule has 0 saturated carbocycles. The fraction of sp³-hybridized carbons (Fsp3) is 0.143. The Kier molecular flexibility index (Phi) is 4.20. The third-order valence-electron chi connectivity index (χ3n) is 2.49. The van der Waals surface area contributed by atoms with Gasteiger partial charge in [0, 0.05) is 5.56 Å². The smallest absolute Gasteiger partial charge is 0.137 e. The van der Waals surface area contributed by atoms with E-state index in [4.69, 9.17) is 9.47 Å². The van der Waals surface area contributed by atoms with Crippen LogP contribution in [0.15, 0.2) is 46.9 Å². The summed E-state index contributed by atoms with van der Waals surface area (Å²) in [6.07, 6.45) is 0. The van der Waals surface area contributed by atoms with Crippen molar-refractivity contribution in [3.63, 3.8) is 0 Å². The zero-order chi connectivity index (χ0) is 13.0. The Balaban J connectivity index is 2.04. The van der Waals surface area contributed by atoms with Crippen LogP contribution >= 0.6 is 15.9 Å². The van der Waals surface area contributed by atoms with Crippen molar-refractivity contribution in [1.82, 2.24) is 0 Å². The van der Waals surface area contributed by atoms with Gasteiger partial charge in [0.1, 0.15) is 23.9 Å². The van der Waals surface area contributed by atoms with E-state index in [2.05, 4.69) is 15.9 Å². The van der Waals surface area contributed by atoms with Gasteiger partial charge in [-0.2, -0.15) is 0 Å². The summed E-state index contributed by atoms with van der Waals surface area (Å²) in [6.45, 7) is 0.310. The van der Waals surface area contributed by atoms with Crippen molar-refractivity contribution >= 4 is 15.9 Å². The molecule has 18 heavy (non-hydrogen) atoms. The van der Waals surface area contributed by atoms with Gasteiger partial charge in [0.2, 0.25) is 0 Å². The highest BCUT2D eigenvalue weighted by Gasteiger charge is 2.05. The number of ether oxygens (including phenoxy) is 2. The average Bonchev–Trinajstić information content (AvgIpc) is 2.41. The number of benzene rings is 2. The number of hydrogen-bond donors (Lipinski definition) is 0. The van der Waals surface area contributed by atoms with Gasteiger partial charge < -0.3 is 9.47 Å². The van der Waals surface area contributed by atoms with Gasteiger partial charge in [-0.05, 0) is 46.3 Å². The van der Waals surface area contributed by atoms with Crippen molar-refractivity contribution in [2.45, 2.75) is 6.61 Å². The zero-order valence-electron chi connectivity index (χ0n) is 9.82. The van der Waals surface area contributed by atoms with Gasteiger partial charge >= 0.3 is 0 Å². The predicted octanol–water partition coefficient (Wildman–Crippen LogP) is 4.18. The maximum Gasteiger partial charge on any atom is 0.137 e. The largest absolute Gasteiger partial charge is 0.497 e. The second kappa shape index (κ2) is 5.87. The Morgan fingerprint density at radius 2 is 1.72 bits per heavy atom. The van der Waals surface area contributed by atoms with E-state index in [1.165, 1.54) is 6.07 Å². The normalized spacial score (nSPS) is 10.2. The highest BCUT2D eigenvalue weighted by molar-refractivity contribution is 9.10. The van der Waals surface area contributed by atoms with Crippen LogP contribution in [0.25, 0.3) is 0 Å². The lowest BCUT2D eigenvalue weighted by molar-refractivity contribution is 0.304. The quantitative estimate of drug-likeness (QED) is 0.843. The Morgan fingerprint density at radius 1 is 1.06 bits per heavy atom. The molecule has 0 fully saturated rings. The minimum Gasteiger partial charge on any atom is -0.497 e. The highest BCUT2D eigenvalue weighted by atomic mass is 79.9. The third-order valence-corrected chi connectivity index (χ3v) is 3.37. The molecule has 0 bridgehead atoms. The molecule has 0 aliphatic heterocycles. The molecule has 94 valence electrons. The molecule has 4 heteroatoms. The highest BCUT2D eigenvalue weighted by Crippen LogP contribution is 2.23. The van der Waals surface area contributed by atoms with Crippen LogP contribution in [-0.4, -0.2) is 7.11 Å². The molecular formula is C14H12BrFO2. The van der Waals surface area contributed by atoms with Gasteiger partial charge in [-0.15, -0.1) is 0 Å². The van der Waals surface area contributed by atoms with Gasteiger partial charge in [-0.1, -0.05) is 12.1 Å². The maximum atomic E-state index is 13.3. The van der Waals surface area contributed by atoms with E-state index in [9.17, 15) is 4.39 Å². The van der Waals surface area contributed by atoms with Gasteiger partial charge in [0.05, 0.1) is 11.6 Å². The van der Waals surface area contributed by atoms with E-state index < -0.39 is 0 Å². The Bertz CT molecular complexity index is 526. The molecule has 0 aromatic heterocycles. The van der Waals surface area contributed by atoms with Crippen molar-refractivity contribution in [1.29, 1.82) is 0 Å². The molecule has 0 amide bonds. The maximum absolute atomic E-state index is 13.3. The molecule has 0 aliphatic rings. The van der Waals surface area contributed by atoms with Crippen molar-refractivity contribution in [2.75, 3.05) is 7.11 Å². The van der Waals surface area contributed by atoms with Crippen LogP contribution in [0.3, 0.4) is 0 Å². The van der Waals surface area contributed by atoms with E-state index in [0.29, 0.717) is 16.8 Å². The first-order valence-corrected chi connectivity index (χ1v) is 6.20. The van der Waals surface area contributed by atoms with Crippen LogP contribution in [0.1, 0.15) is 5.56 Å². The van der Waals surface area contributed by atoms with Crippen LogP contribution in [0, 0.1) is 5.82 Å². The second-order valence-electron chi connectivity index (χ2n) is 3.68. The first kappa shape index (κ1) is 12.9. The van der Waals surface area contributed by atoms with Crippen molar-refractivity contribution in [2.24, 2.45) is 0 Å². The molecule has 0 heterocycles. The van der Waals surface area contributed by atoms with Crippen LogP contribution in [0.2, 0.25) is 0 Å². The molecule has 2 aromatic carbocycles. The molecule has 0 aliphatic carbocycles. The van der Waals surface area contributed by atoms with Crippen molar-refractivity contribution in [3.05, 3.63) is 58.3 Å². The summed E-state index contributed by atoms with van der Waals surface area (Å²) in [5.74, 6) is 1.20. The standard InChI is InChI=1S/C14H12BrFO2/c1-17-11-5-7-12(8-6-11)18-9-10-3-2-4-13(16)14(10)15/h2-8H,9H2,1H3. The molecule has 2 nitrogen and oxygen atoms in total. The Morgan fingerprint density at radius 3 is 2.39 bits per heavy atom. The number of rotatable bonds is 4. The molecule has 2 aromatic rings. The molecular weight excluding hydrogens is 299 g/mol. The molecule has 0 N–H and O–H groups in total. The third kappa shape index (κ3) is 3.01. The lowest BCUT2D eigenvalue weighted by Crippen LogP contribution is -1.97. The zero-order valence-corrected chi connectivity index (χ0v) is 11.4. The van der Waals surface area contributed by atoms with Crippen molar-refractivity contribution < 1.29 is 13.9 Å². The number of methoxy groups -OCH3 is 1.